The molecule has 0 saturated heterocycles. The molecule has 0 unspecified atom stereocenters. The van der Waals surface area contributed by atoms with Gasteiger partial charge in [0.05, 0.1) is 17.8 Å². The number of aromatic nitrogens is 3. The van der Waals surface area contributed by atoms with Crippen LogP contribution in [0.5, 0.6) is 0 Å². The molecule has 0 aliphatic carbocycles. The van der Waals surface area contributed by atoms with Crippen molar-refractivity contribution in [1.82, 2.24) is 20.3 Å². The lowest BCUT2D eigenvalue weighted by Gasteiger charge is -2.08. The lowest BCUT2D eigenvalue weighted by atomic mass is 10.2. The van der Waals surface area contributed by atoms with Gasteiger partial charge in [0.1, 0.15) is 6.54 Å². The summed E-state index contributed by atoms with van der Waals surface area (Å²) in [5.74, 6) is -0.595. The van der Waals surface area contributed by atoms with E-state index in [1.807, 2.05) is 13.8 Å². The number of carbonyl (C=O) groups is 2. The molecule has 0 radical (unpaired) electrons. The monoisotopic (exact) mass is 268 g/mol. The van der Waals surface area contributed by atoms with Crippen molar-refractivity contribution in [3.05, 3.63) is 11.4 Å². The van der Waals surface area contributed by atoms with Gasteiger partial charge in [-0.3, -0.25) is 9.59 Å². The molecule has 1 aromatic heterocycles. The first kappa shape index (κ1) is 15.1. The van der Waals surface area contributed by atoms with E-state index in [-0.39, 0.29) is 18.9 Å². The first-order valence-electron chi connectivity index (χ1n) is 6.27. The van der Waals surface area contributed by atoms with Crippen molar-refractivity contribution in [2.24, 2.45) is 5.92 Å². The van der Waals surface area contributed by atoms with E-state index in [4.69, 9.17) is 5.11 Å². The molecule has 0 fully saturated rings. The number of carboxylic acid groups (broad SMARTS) is 1. The van der Waals surface area contributed by atoms with Gasteiger partial charge in [-0.1, -0.05) is 19.1 Å². The van der Waals surface area contributed by atoms with E-state index >= 15 is 0 Å². The van der Waals surface area contributed by atoms with Crippen molar-refractivity contribution in [2.75, 3.05) is 6.54 Å². The van der Waals surface area contributed by atoms with E-state index < -0.39 is 5.97 Å². The van der Waals surface area contributed by atoms with Crippen LogP contribution in [0.2, 0.25) is 0 Å². The summed E-state index contributed by atoms with van der Waals surface area (Å²) in [7, 11) is 0. The van der Waals surface area contributed by atoms with Gasteiger partial charge in [-0.05, 0) is 12.8 Å². The Hall–Kier alpha value is -1.92. The van der Waals surface area contributed by atoms with Gasteiger partial charge >= 0.3 is 5.97 Å². The summed E-state index contributed by atoms with van der Waals surface area (Å²) in [5, 5.41) is 19.2. The van der Waals surface area contributed by atoms with E-state index in [0.29, 0.717) is 24.6 Å². The first-order valence-corrected chi connectivity index (χ1v) is 6.27. The fourth-order valence-electron chi connectivity index (χ4n) is 1.51. The number of hydrogen-bond donors (Lipinski definition) is 2. The van der Waals surface area contributed by atoms with Gasteiger partial charge in [-0.15, -0.1) is 5.10 Å². The van der Waals surface area contributed by atoms with Gasteiger partial charge in [-0.2, -0.15) is 0 Å². The molecule has 7 nitrogen and oxygen atoms in total. The molecule has 0 spiro atoms. The third-order valence-corrected chi connectivity index (χ3v) is 2.65. The van der Waals surface area contributed by atoms with Gasteiger partial charge in [0.25, 0.3) is 0 Å². The minimum atomic E-state index is -0.872. The Morgan fingerprint density at radius 2 is 2.11 bits per heavy atom. The van der Waals surface area contributed by atoms with Crippen LogP contribution < -0.4 is 5.32 Å². The molecule has 7 heteroatoms. The maximum absolute atomic E-state index is 11.7. The van der Waals surface area contributed by atoms with E-state index in [1.165, 1.54) is 4.68 Å². The lowest BCUT2D eigenvalue weighted by Crippen LogP contribution is -2.31. The SMILES string of the molecule is Cc1c(CCC(=O)O)nnn1CC(=O)NCC(C)C. The highest BCUT2D eigenvalue weighted by atomic mass is 16.4. The van der Waals surface area contributed by atoms with Crippen LogP contribution in [0.15, 0.2) is 0 Å². The topological polar surface area (TPSA) is 97.1 Å². The fraction of sp³-hybridized carbons (Fsp3) is 0.667. The maximum atomic E-state index is 11.7. The quantitative estimate of drug-likeness (QED) is 0.745. The number of nitrogens with zero attached hydrogens (tertiary/aromatic N) is 3. The summed E-state index contributed by atoms with van der Waals surface area (Å²) in [5.41, 5.74) is 1.36. The standard InChI is InChI=1S/C12H20N4O3/c1-8(2)6-13-11(17)7-16-9(3)10(14-15-16)4-5-12(18)19/h8H,4-7H2,1-3H3,(H,13,17)(H,18,19). The van der Waals surface area contributed by atoms with Crippen molar-refractivity contribution in [1.29, 1.82) is 0 Å². The summed E-state index contributed by atoms with van der Waals surface area (Å²) in [4.78, 5) is 22.1. The van der Waals surface area contributed by atoms with Crippen LogP contribution in [0.25, 0.3) is 0 Å². The lowest BCUT2D eigenvalue weighted by molar-refractivity contribution is -0.137. The highest BCUT2D eigenvalue weighted by molar-refractivity contribution is 5.75. The summed E-state index contributed by atoms with van der Waals surface area (Å²) in [6.45, 7) is 6.56. The van der Waals surface area contributed by atoms with Crippen LogP contribution in [-0.4, -0.2) is 38.5 Å². The number of hydrogen-bond acceptors (Lipinski definition) is 4. The number of nitrogens with one attached hydrogen (secondary N) is 1. The van der Waals surface area contributed by atoms with Crippen LogP contribution in [0.3, 0.4) is 0 Å². The molecule has 0 atom stereocenters. The molecule has 0 aromatic carbocycles. The van der Waals surface area contributed by atoms with Gasteiger partial charge in [0.2, 0.25) is 5.91 Å². The third kappa shape index (κ3) is 5.07. The smallest absolute Gasteiger partial charge is 0.303 e. The Balaban J connectivity index is 2.55. The molecular formula is C12H20N4O3. The first-order chi connectivity index (χ1) is 8.90. The van der Waals surface area contributed by atoms with Crippen LogP contribution in [-0.2, 0) is 22.6 Å². The summed E-state index contributed by atoms with van der Waals surface area (Å²) in [6, 6.07) is 0. The Kier molecular flexibility index (Phi) is 5.47. The van der Waals surface area contributed by atoms with Gasteiger partial charge in [-0.25, -0.2) is 4.68 Å². The van der Waals surface area contributed by atoms with Crippen molar-refractivity contribution < 1.29 is 14.7 Å². The minimum Gasteiger partial charge on any atom is -0.481 e. The molecule has 1 heterocycles. The minimum absolute atomic E-state index is 0.0130. The predicted molar refractivity (Wildman–Crippen MR) is 68.6 cm³/mol. The molecule has 106 valence electrons. The number of aliphatic carboxylic acids is 1. The summed E-state index contributed by atoms with van der Waals surface area (Å²) in [6.07, 6.45) is 0.341. The highest BCUT2D eigenvalue weighted by Gasteiger charge is 2.12. The average Bonchev–Trinajstić information content (AvgIpc) is 2.66. The maximum Gasteiger partial charge on any atom is 0.303 e. The zero-order chi connectivity index (χ0) is 14.4. The number of aryl methyl sites for hydroxylation is 1. The summed E-state index contributed by atoms with van der Waals surface area (Å²) < 4.78 is 1.49. The molecule has 0 aliphatic heterocycles. The second-order valence-corrected chi connectivity index (χ2v) is 4.87. The molecule has 0 bridgehead atoms. The molecule has 1 aromatic rings. The second kappa shape index (κ2) is 6.86. The third-order valence-electron chi connectivity index (χ3n) is 2.65. The van der Waals surface area contributed by atoms with E-state index in [2.05, 4.69) is 15.6 Å². The zero-order valence-corrected chi connectivity index (χ0v) is 11.5. The molecule has 2 N–H and O–H groups in total. The van der Waals surface area contributed by atoms with Gasteiger partial charge < -0.3 is 10.4 Å². The van der Waals surface area contributed by atoms with E-state index in [0.717, 1.165) is 5.69 Å². The van der Waals surface area contributed by atoms with Gasteiger partial charge in [0, 0.05) is 13.0 Å². The van der Waals surface area contributed by atoms with Gasteiger partial charge in [0.15, 0.2) is 0 Å². The number of rotatable bonds is 7. The second-order valence-electron chi connectivity index (χ2n) is 4.87. The van der Waals surface area contributed by atoms with Crippen molar-refractivity contribution in [3.63, 3.8) is 0 Å². The molecule has 0 saturated carbocycles. The Bertz CT molecular complexity index is 454. The molecule has 1 amide bonds. The van der Waals surface area contributed by atoms with Crippen molar-refractivity contribution in [3.8, 4) is 0 Å². The number of carbonyl (C=O) groups excluding carboxylic acids is 1. The average molecular weight is 268 g/mol. The normalized spacial score (nSPS) is 10.7. The fourth-order valence-corrected chi connectivity index (χ4v) is 1.51. The largest absolute Gasteiger partial charge is 0.481 e. The predicted octanol–water partition coefficient (Wildman–Crippen LogP) is 0.376. The van der Waals surface area contributed by atoms with Crippen LogP contribution in [0.1, 0.15) is 31.7 Å². The summed E-state index contributed by atoms with van der Waals surface area (Å²) >= 11 is 0. The van der Waals surface area contributed by atoms with Crippen LogP contribution in [0, 0.1) is 12.8 Å². The van der Waals surface area contributed by atoms with Crippen molar-refractivity contribution in [2.45, 2.75) is 40.2 Å². The number of amides is 1. The Labute approximate surface area is 112 Å². The molecule has 19 heavy (non-hydrogen) atoms. The molecule has 1 rings (SSSR count). The van der Waals surface area contributed by atoms with Crippen molar-refractivity contribution >= 4 is 11.9 Å². The van der Waals surface area contributed by atoms with E-state index in [9.17, 15) is 9.59 Å². The highest BCUT2D eigenvalue weighted by Crippen LogP contribution is 2.06. The van der Waals surface area contributed by atoms with Crippen LogP contribution in [0.4, 0.5) is 0 Å². The Morgan fingerprint density at radius 3 is 2.68 bits per heavy atom. The molecular weight excluding hydrogens is 248 g/mol. The van der Waals surface area contributed by atoms with E-state index in [1.54, 1.807) is 6.92 Å². The Morgan fingerprint density at radius 1 is 1.42 bits per heavy atom. The number of carboxylic acids is 1. The zero-order valence-electron chi connectivity index (χ0n) is 11.5. The molecule has 0 aliphatic rings. The van der Waals surface area contributed by atoms with Crippen LogP contribution >= 0.6 is 0 Å².